The van der Waals surface area contributed by atoms with Gasteiger partial charge in [0.05, 0.1) is 6.10 Å². The summed E-state index contributed by atoms with van der Waals surface area (Å²) in [6.45, 7) is 2.81. The Morgan fingerprint density at radius 3 is 2.63 bits per heavy atom. The van der Waals surface area contributed by atoms with Gasteiger partial charge in [0.15, 0.2) is 0 Å². The quantitative estimate of drug-likeness (QED) is 0.860. The lowest BCUT2D eigenvalue weighted by atomic mass is 9.95. The maximum absolute atomic E-state index is 10.2. The number of hydrogen-bond donors (Lipinski definition) is 1. The first kappa shape index (κ1) is 14.0. The van der Waals surface area contributed by atoms with Gasteiger partial charge in [-0.3, -0.25) is 0 Å². The molecule has 19 heavy (non-hydrogen) atoms. The van der Waals surface area contributed by atoms with E-state index in [1.807, 2.05) is 12.1 Å². The Morgan fingerprint density at radius 2 is 1.84 bits per heavy atom. The van der Waals surface area contributed by atoms with Gasteiger partial charge in [0, 0.05) is 13.7 Å². The summed E-state index contributed by atoms with van der Waals surface area (Å²) in [7, 11) is 1.70. The molecule has 0 heterocycles. The average molecular weight is 258 g/mol. The normalized spacial score (nSPS) is 14.5. The minimum atomic E-state index is -0.309. The van der Waals surface area contributed by atoms with E-state index >= 15 is 0 Å². The molecule has 2 nitrogen and oxygen atoms in total. The third kappa shape index (κ3) is 3.79. The zero-order chi connectivity index (χ0) is 13.7. The van der Waals surface area contributed by atoms with Gasteiger partial charge in [-0.15, -0.1) is 0 Å². The standard InChI is InChI=1S/C17H22O2/c1-13(12-19-2)10-16(18)11-15-8-5-7-14-6-3-4-9-17(14)15/h3-9,13,16,18H,10-12H2,1-2H3. The summed E-state index contributed by atoms with van der Waals surface area (Å²) >= 11 is 0. The van der Waals surface area contributed by atoms with Crippen LogP contribution >= 0.6 is 0 Å². The summed E-state index contributed by atoms with van der Waals surface area (Å²) in [4.78, 5) is 0. The number of aliphatic hydroxyl groups excluding tert-OH is 1. The number of hydrogen-bond acceptors (Lipinski definition) is 2. The van der Waals surface area contributed by atoms with E-state index in [2.05, 4.69) is 37.3 Å². The Hall–Kier alpha value is -1.38. The van der Waals surface area contributed by atoms with Gasteiger partial charge >= 0.3 is 0 Å². The summed E-state index contributed by atoms with van der Waals surface area (Å²) in [5.41, 5.74) is 1.22. The first-order chi connectivity index (χ1) is 9.20. The van der Waals surface area contributed by atoms with Crippen molar-refractivity contribution in [2.45, 2.75) is 25.9 Å². The van der Waals surface area contributed by atoms with Gasteiger partial charge in [0.25, 0.3) is 0 Å². The van der Waals surface area contributed by atoms with Crippen LogP contribution in [0.3, 0.4) is 0 Å². The predicted octanol–water partition coefficient (Wildman–Crippen LogP) is 3.42. The Kier molecular flexibility index (Phi) is 4.94. The molecule has 0 spiro atoms. The molecule has 0 saturated carbocycles. The molecule has 0 amide bonds. The fourth-order valence-corrected chi connectivity index (χ4v) is 2.62. The molecule has 2 heteroatoms. The predicted molar refractivity (Wildman–Crippen MR) is 79.3 cm³/mol. The number of methoxy groups -OCH3 is 1. The van der Waals surface area contributed by atoms with E-state index in [0.717, 1.165) is 6.42 Å². The van der Waals surface area contributed by atoms with Crippen molar-refractivity contribution in [3.63, 3.8) is 0 Å². The lowest BCUT2D eigenvalue weighted by molar-refractivity contribution is 0.102. The van der Waals surface area contributed by atoms with Gasteiger partial charge < -0.3 is 9.84 Å². The summed E-state index contributed by atoms with van der Waals surface area (Å²) in [5, 5.41) is 12.7. The molecule has 0 aliphatic carbocycles. The topological polar surface area (TPSA) is 29.5 Å². The molecule has 0 aliphatic rings. The monoisotopic (exact) mass is 258 g/mol. The smallest absolute Gasteiger partial charge is 0.0584 e. The highest BCUT2D eigenvalue weighted by Crippen LogP contribution is 2.21. The second-order valence-corrected chi connectivity index (χ2v) is 5.29. The highest BCUT2D eigenvalue weighted by Gasteiger charge is 2.12. The van der Waals surface area contributed by atoms with E-state index in [4.69, 9.17) is 4.74 Å². The molecule has 0 saturated heterocycles. The second kappa shape index (κ2) is 6.69. The zero-order valence-electron chi connectivity index (χ0n) is 11.7. The average Bonchev–Trinajstić information content (AvgIpc) is 2.39. The molecule has 0 fully saturated rings. The molecule has 102 valence electrons. The molecule has 0 radical (unpaired) electrons. The third-order valence-electron chi connectivity index (χ3n) is 3.46. The van der Waals surface area contributed by atoms with Gasteiger partial charge in [-0.05, 0) is 35.1 Å². The Morgan fingerprint density at radius 1 is 1.11 bits per heavy atom. The zero-order valence-corrected chi connectivity index (χ0v) is 11.7. The van der Waals surface area contributed by atoms with Crippen LogP contribution in [-0.4, -0.2) is 24.9 Å². The summed E-state index contributed by atoms with van der Waals surface area (Å²) < 4.78 is 5.11. The van der Waals surface area contributed by atoms with Crippen LogP contribution in [0.4, 0.5) is 0 Å². The largest absolute Gasteiger partial charge is 0.393 e. The van der Waals surface area contributed by atoms with Crippen molar-refractivity contribution in [2.75, 3.05) is 13.7 Å². The van der Waals surface area contributed by atoms with E-state index < -0.39 is 0 Å². The Bertz CT molecular complexity index is 516. The van der Waals surface area contributed by atoms with Gasteiger partial charge in [0.2, 0.25) is 0 Å². The van der Waals surface area contributed by atoms with Crippen molar-refractivity contribution in [3.8, 4) is 0 Å². The second-order valence-electron chi connectivity index (χ2n) is 5.29. The van der Waals surface area contributed by atoms with Crippen molar-refractivity contribution in [2.24, 2.45) is 5.92 Å². The highest BCUT2D eigenvalue weighted by atomic mass is 16.5. The van der Waals surface area contributed by atoms with Crippen LogP contribution < -0.4 is 0 Å². The first-order valence-corrected chi connectivity index (χ1v) is 6.84. The van der Waals surface area contributed by atoms with E-state index in [-0.39, 0.29) is 6.10 Å². The number of rotatable bonds is 6. The van der Waals surface area contributed by atoms with Crippen LogP contribution in [0.25, 0.3) is 10.8 Å². The minimum Gasteiger partial charge on any atom is -0.393 e. The van der Waals surface area contributed by atoms with Gasteiger partial charge in [0.1, 0.15) is 0 Å². The van der Waals surface area contributed by atoms with Crippen LogP contribution in [0.5, 0.6) is 0 Å². The first-order valence-electron chi connectivity index (χ1n) is 6.84. The van der Waals surface area contributed by atoms with E-state index in [1.165, 1.54) is 16.3 Å². The van der Waals surface area contributed by atoms with Crippen LogP contribution in [-0.2, 0) is 11.2 Å². The van der Waals surface area contributed by atoms with Crippen molar-refractivity contribution in [1.29, 1.82) is 0 Å². The summed E-state index contributed by atoms with van der Waals surface area (Å²) in [6, 6.07) is 14.6. The fraction of sp³-hybridized carbons (Fsp3) is 0.412. The van der Waals surface area contributed by atoms with Crippen molar-refractivity contribution in [3.05, 3.63) is 48.0 Å². The molecule has 2 aromatic rings. The molecule has 0 bridgehead atoms. The number of ether oxygens (including phenoxy) is 1. The third-order valence-corrected chi connectivity index (χ3v) is 3.46. The molecule has 1 N–H and O–H groups in total. The molecule has 0 aromatic heterocycles. The number of aliphatic hydroxyl groups is 1. The summed E-state index contributed by atoms with van der Waals surface area (Å²) in [5.74, 6) is 0.384. The molecular weight excluding hydrogens is 236 g/mol. The van der Waals surface area contributed by atoms with E-state index in [0.29, 0.717) is 18.9 Å². The maximum atomic E-state index is 10.2. The van der Waals surface area contributed by atoms with Crippen molar-refractivity contribution in [1.82, 2.24) is 0 Å². The van der Waals surface area contributed by atoms with Crippen LogP contribution in [0, 0.1) is 5.92 Å². The molecule has 2 aromatic carbocycles. The van der Waals surface area contributed by atoms with E-state index in [1.54, 1.807) is 7.11 Å². The Labute approximate surface area is 115 Å². The van der Waals surface area contributed by atoms with Crippen molar-refractivity contribution < 1.29 is 9.84 Å². The Balaban J connectivity index is 2.08. The molecule has 2 unspecified atom stereocenters. The van der Waals surface area contributed by atoms with Gasteiger partial charge in [-0.25, -0.2) is 0 Å². The van der Waals surface area contributed by atoms with Crippen LogP contribution in [0.1, 0.15) is 18.9 Å². The molecular formula is C17H22O2. The van der Waals surface area contributed by atoms with Gasteiger partial charge in [-0.2, -0.15) is 0 Å². The highest BCUT2D eigenvalue weighted by molar-refractivity contribution is 5.85. The maximum Gasteiger partial charge on any atom is 0.0584 e. The lowest BCUT2D eigenvalue weighted by Crippen LogP contribution is -2.17. The van der Waals surface area contributed by atoms with Crippen LogP contribution in [0.2, 0.25) is 0 Å². The molecule has 0 aliphatic heterocycles. The molecule has 2 atom stereocenters. The minimum absolute atomic E-state index is 0.309. The summed E-state index contributed by atoms with van der Waals surface area (Å²) in [6.07, 6.45) is 1.17. The SMILES string of the molecule is COCC(C)CC(O)Cc1cccc2ccccc12. The molecule has 2 rings (SSSR count). The lowest BCUT2D eigenvalue weighted by Gasteiger charge is -2.16. The fourth-order valence-electron chi connectivity index (χ4n) is 2.62. The number of fused-ring (bicyclic) bond motifs is 1. The van der Waals surface area contributed by atoms with E-state index in [9.17, 15) is 5.11 Å². The van der Waals surface area contributed by atoms with Crippen LogP contribution in [0.15, 0.2) is 42.5 Å². The van der Waals surface area contributed by atoms with Gasteiger partial charge in [-0.1, -0.05) is 49.4 Å². The number of benzene rings is 2. The van der Waals surface area contributed by atoms with Crippen molar-refractivity contribution >= 4 is 10.8 Å².